The molecule has 3 rings (SSSR count). The van der Waals surface area contributed by atoms with Crippen LogP contribution >= 0.6 is 0 Å². The molecule has 14 nitrogen and oxygen atoms in total. The number of phenols is 1. The molecule has 322 valence electrons. The number of hydrogen-bond donors (Lipinski definition) is 3. The van der Waals surface area contributed by atoms with Crippen molar-refractivity contribution in [1.29, 1.82) is 0 Å². The van der Waals surface area contributed by atoms with Gasteiger partial charge in [-0.15, -0.1) is 0 Å². The number of benzene rings is 2. The highest BCUT2D eigenvalue weighted by Gasteiger charge is 2.42. The van der Waals surface area contributed by atoms with Gasteiger partial charge in [-0.2, -0.15) is 0 Å². The lowest BCUT2D eigenvalue weighted by Crippen LogP contribution is -2.55. The average molecular weight is 810 g/mol. The van der Waals surface area contributed by atoms with E-state index in [1.807, 2.05) is 82.1 Å². The Balaban J connectivity index is 1.70. The fourth-order valence-corrected chi connectivity index (χ4v) is 8.21. The predicted molar refractivity (Wildman–Crippen MR) is 221 cm³/mol. The van der Waals surface area contributed by atoms with E-state index in [1.165, 1.54) is 21.3 Å². The Morgan fingerprint density at radius 2 is 1.55 bits per heavy atom. The largest absolute Gasteiger partial charge is 0.508 e. The van der Waals surface area contributed by atoms with Gasteiger partial charge in [0.25, 0.3) is 0 Å². The molecule has 0 aromatic heterocycles. The van der Waals surface area contributed by atoms with Gasteiger partial charge < -0.3 is 39.8 Å². The van der Waals surface area contributed by atoms with Crippen LogP contribution in [0.25, 0.3) is 0 Å². The van der Waals surface area contributed by atoms with Crippen LogP contribution in [0.3, 0.4) is 0 Å². The highest BCUT2D eigenvalue weighted by Crippen LogP contribution is 2.29. The van der Waals surface area contributed by atoms with Crippen molar-refractivity contribution >= 4 is 29.6 Å². The number of amides is 4. The maximum Gasteiger partial charge on any atom is 0.328 e. The van der Waals surface area contributed by atoms with Gasteiger partial charge in [0.15, 0.2) is 0 Å². The summed E-state index contributed by atoms with van der Waals surface area (Å²) in [6.07, 6.45) is 0.982. The molecule has 0 radical (unpaired) electrons. The molecule has 2 aromatic rings. The zero-order valence-corrected chi connectivity index (χ0v) is 36.1. The molecule has 0 saturated carbocycles. The minimum atomic E-state index is -0.899. The Kier molecular flexibility index (Phi) is 19.1. The highest BCUT2D eigenvalue weighted by molar-refractivity contribution is 5.88. The first-order valence-corrected chi connectivity index (χ1v) is 20.4. The average Bonchev–Trinajstić information content (AvgIpc) is 3.69. The number of rotatable bonds is 22. The molecule has 2 aromatic carbocycles. The van der Waals surface area contributed by atoms with E-state index in [-0.39, 0.29) is 60.6 Å². The standard InChI is InChI=1S/C44H67N5O9/c1-11-29(4)40(48(7)38(52)26-45-43(54)39(28(2)3)47(6)27-32-19-21-33(50)22-20-32)36(56-8)25-37(51)49-23-15-18-35(49)41(57-9)30(5)42(53)46-34(44(55)58-10)24-31-16-13-12-14-17-31/h12-14,16-17,19-22,28-30,34-36,39-41,50H,11,15,18,23-27H2,1-10H3,(H,45,54)(H,46,53). The van der Waals surface area contributed by atoms with Gasteiger partial charge in [-0.25, -0.2) is 4.79 Å². The molecule has 3 N–H and O–H groups in total. The van der Waals surface area contributed by atoms with Gasteiger partial charge in [0.2, 0.25) is 23.6 Å². The predicted octanol–water partition coefficient (Wildman–Crippen LogP) is 3.79. The molecular formula is C44H67N5O9. The van der Waals surface area contributed by atoms with Crippen LogP contribution in [0.4, 0.5) is 0 Å². The summed E-state index contributed by atoms with van der Waals surface area (Å²) >= 11 is 0. The number of likely N-dealkylation sites (tertiary alicyclic amines) is 1. The summed E-state index contributed by atoms with van der Waals surface area (Å²) in [5, 5.41) is 15.4. The van der Waals surface area contributed by atoms with Crippen LogP contribution in [0.15, 0.2) is 54.6 Å². The van der Waals surface area contributed by atoms with E-state index in [4.69, 9.17) is 14.2 Å². The van der Waals surface area contributed by atoms with E-state index in [2.05, 4.69) is 10.6 Å². The smallest absolute Gasteiger partial charge is 0.328 e. The van der Waals surface area contributed by atoms with Gasteiger partial charge in [-0.3, -0.25) is 24.1 Å². The molecule has 1 heterocycles. The number of phenolic OH excluding ortho intramolecular Hbond substituents is 1. The zero-order valence-electron chi connectivity index (χ0n) is 36.1. The third kappa shape index (κ3) is 13.0. The lowest BCUT2D eigenvalue weighted by Gasteiger charge is -2.39. The van der Waals surface area contributed by atoms with Crippen LogP contribution in [-0.4, -0.2) is 134 Å². The molecule has 8 unspecified atom stereocenters. The van der Waals surface area contributed by atoms with E-state index in [0.29, 0.717) is 25.9 Å². The van der Waals surface area contributed by atoms with Gasteiger partial charge in [0.1, 0.15) is 11.8 Å². The lowest BCUT2D eigenvalue weighted by molar-refractivity contribution is -0.148. The first kappa shape index (κ1) is 47.8. The molecule has 0 bridgehead atoms. The van der Waals surface area contributed by atoms with E-state index in [9.17, 15) is 29.1 Å². The number of likely N-dealkylation sites (N-methyl/N-ethyl adjacent to an activating group) is 2. The van der Waals surface area contributed by atoms with Crippen LogP contribution in [-0.2, 0) is 51.1 Å². The Morgan fingerprint density at radius 3 is 2.12 bits per heavy atom. The van der Waals surface area contributed by atoms with Crippen molar-refractivity contribution in [1.82, 2.24) is 25.3 Å². The number of aromatic hydroxyl groups is 1. The Morgan fingerprint density at radius 1 is 0.897 bits per heavy atom. The topological polar surface area (TPSA) is 167 Å². The van der Waals surface area contributed by atoms with Gasteiger partial charge >= 0.3 is 5.97 Å². The Bertz CT molecular complexity index is 1620. The third-order valence-corrected chi connectivity index (χ3v) is 11.5. The second-order valence-electron chi connectivity index (χ2n) is 15.9. The van der Waals surface area contributed by atoms with Gasteiger partial charge in [0.05, 0.1) is 56.3 Å². The molecule has 1 fully saturated rings. The number of hydrogen-bond acceptors (Lipinski definition) is 10. The first-order valence-electron chi connectivity index (χ1n) is 20.4. The number of nitrogens with zero attached hydrogens (tertiary/aromatic N) is 3. The molecule has 8 atom stereocenters. The number of ether oxygens (including phenoxy) is 3. The molecule has 4 amide bonds. The monoisotopic (exact) mass is 809 g/mol. The van der Waals surface area contributed by atoms with E-state index < -0.39 is 48.3 Å². The van der Waals surface area contributed by atoms with Crippen molar-refractivity contribution in [2.75, 3.05) is 48.5 Å². The Labute approximate surface area is 344 Å². The number of methoxy groups -OCH3 is 3. The molecule has 14 heteroatoms. The SMILES string of the molecule is CCC(C)C(C(CC(=O)N1CCCC1C(OC)C(C)C(=O)NC(Cc1ccccc1)C(=O)OC)OC)N(C)C(=O)CNC(=O)C(C(C)C)N(C)Cc1ccc(O)cc1. The van der Waals surface area contributed by atoms with Crippen LogP contribution in [0.2, 0.25) is 0 Å². The second kappa shape index (κ2) is 23.2. The lowest BCUT2D eigenvalue weighted by atomic mass is 9.90. The number of nitrogens with one attached hydrogen (secondary N) is 2. The first-order chi connectivity index (χ1) is 27.6. The van der Waals surface area contributed by atoms with Crippen molar-refractivity contribution in [2.24, 2.45) is 17.8 Å². The summed E-state index contributed by atoms with van der Waals surface area (Å²) in [5.41, 5.74) is 1.81. The Hall–Kier alpha value is -4.53. The maximum absolute atomic E-state index is 14.2. The van der Waals surface area contributed by atoms with Gasteiger partial charge in [-0.05, 0) is 55.0 Å². The van der Waals surface area contributed by atoms with E-state index in [0.717, 1.165) is 17.5 Å². The van der Waals surface area contributed by atoms with E-state index >= 15 is 0 Å². The molecular weight excluding hydrogens is 743 g/mol. The normalized spacial score (nSPS) is 17.8. The minimum Gasteiger partial charge on any atom is -0.508 e. The van der Waals surface area contributed by atoms with Crippen LogP contribution in [0, 0.1) is 17.8 Å². The van der Waals surface area contributed by atoms with Crippen LogP contribution in [0.1, 0.15) is 71.4 Å². The summed E-state index contributed by atoms with van der Waals surface area (Å²) in [4.78, 5) is 73.0. The fraction of sp³-hybridized carbons (Fsp3) is 0.614. The van der Waals surface area contributed by atoms with E-state index in [1.54, 1.807) is 35.9 Å². The molecule has 0 spiro atoms. The third-order valence-electron chi connectivity index (χ3n) is 11.5. The molecule has 1 aliphatic rings. The highest BCUT2D eigenvalue weighted by atomic mass is 16.5. The summed E-state index contributed by atoms with van der Waals surface area (Å²) in [5.74, 6) is -2.35. The summed E-state index contributed by atoms with van der Waals surface area (Å²) in [6.45, 7) is 10.4. The summed E-state index contributed by atoms with van der Waals surface area (Å²) in [7, 11) is 7.87. The molecule has 58 heavy (non-hydrogen) atoms. The van der Waals surface area contributed by atoms with Gasteiger partial charge in [0, 0.05) is 40.8 Å². The fourth-order valence-electron chi connectivity index (χ4n) is 8.21. The second-order valence-corrected chi connectivity index (χ2v) is 15.9. The quantitative estimate of drug-likeness (QED) is 0.149. The van der Waals surface area contributed by atoms with Crippen molar-refractivity contribution < 1.29 is 43.3 Å². The van der Waals surface area contributed by atoms with Crippen molar-refractivity contribution in [3.8, 4) is 5.75 Å². The summed E-state index contributed by atoms with van der Waals surface area (Å²) in [6, 6.07) is 13.9. The minimum absolute atomic E-state index is 0.0119. The maximum atomic E-state index is 14.2. The molecule has 1 saturated heterocycles. The van der Waals surface area contributed by atoms with Gasteiger partial charge in [-0.1, -0.05) is 83.5 Å². The number of esters is 1. The molecule has 1 aliphatic heterocycles. The number of carbonyl (C=O) groups excluding carboxylic acids is 5. The molecule has 0 aliphatic carbocycles. The van der Waals surface area contributed by atoms with Crippen LogP contribution < -0.4 is 10.6 Å². The summed E-state index contributed by atoms with van der Waals surface area (Å²) < 4.78 is 16.9. The zero-order chi connectivity index (χ0) is 43.1. The van der Waals surface area contributed by atoms with Crippen molar-refractivity contribution in [3.05, 3.63) is 65.7 Å². The van der Waals surface area contributed by atoms with Crippen LogP contribution in [0.5, 0.6) is 5.75 Å². The number of carbonyl (C=O) groups is 5. The van der Waals surface area contributed by atoms with Crippen molar-refractivity contribution in [2.45, 2.75) is 110 Å². The van der Waals surface area contributed by atoms with Crippen molar-refractivity contribution in [3.63, 3.8) is 0 Å².